The second-order valence-corrected chi connectivity index (χ2v) is 9.66. The first-order valence-corrected chi connectivity index (χ1v) is 12.7. The standard InChI is InChI=1S/C26H26FN5O2S/c1-16-20(17(2)34-31-16)15-35-23-9-6-5-8-19(23)26(33)28-22-14-18(11-12-21(22)27)25-30-29-24-10-4-3-7-13-32(24)25/h5-6,8-9,11-12,14H,3-4,7,10,13,15H2,1-2H3,(H,28,33). The first kappa shape index (κ1) is 23.3. The zero-order chi connectivity index (χ0) is 24.4. The summed E-state index contributed by atoms with van der Waals surface area (Å²) in [7, 11) is 0. The Balaban J connectivity index is 1.38. The van der Waals surface area contributed by atoms with E-state index in [4.69, 9.17) is 4.52 Å². The number of amides is 1. The molecule has 35 heavy (non-hydrogen) atoms. The number of carbonyl (C=O) groups excluding carboxylic acids is 1. The lowest BCUT2D eigenvalue weighted by Gasteiger charge is -2.12. The van der Waals surface area contributed by atoms with Crippen LogP contribution in [0.2, 0.25) is 0 Å². The van der Waals surface area contributed by atoms with Crippen molar-refractivity contribution >= 4 is 23.4 Å². The Hall–Kier alpha value is -3.46. The third-order valence-corrected chi connectivity index (χ3v) is 7.37. The monoisotopic (exact) mass is 491 g/mol. The van der Waals surface area contributed by atoms with Gasteiger partial charge in [-0.15, -0.1) is 22.0 Å². The molecule has 4 aromatic rings. The zero-order valence-electron chi connectivity index (χ0n) is 19.7. The zero-order valence-corrected chi connectivity index (χ0v) is 20.5. The lowest BCUT2D eigenvalue weighted by molar-refractivity contribution is 0.102. The van der Waals surface area contributed by atoms with Crippen LogP contribution in [0.1, 0.15) is 52.5 Å². The number of benzene rings is 2. The van der Waals surface area contributed by atoms with Gasteiger partial charge in [-0.1, -0.05) is 23.7 Å². The summed E-state index contributed by atoms with van der Waals surface area (Å²) in [4.78, 5) is 14.0. The normalized spacial score (nSPS) is 13.3. The SMILES string of the molecule is Cc1noc(C)c1CSc1ccccc1C(=O)Nc1cc(-c2nnc3n2CCCCC3)ccc1F. The molecule has 0 saturated heterocycles. The molecule has 2 aromatic carbocycles. The van der Waals surface area contributed by atoms with Crippen LogP contribution in [0, 0.1) is 19.7 Å². The highest BCUT2D eigenvalue weighted by Crippen LogP contribution is 2.31. The van der Waals surface area contributed by atoms with Crippen molar-refractivity contribution in [3.05, 3.63) is 76.7 Å². The maximum atomic E-state index is 14.7. The van der Waals surface area contributed by atoms with Crippen molar-refractivity contribution in [1.82, 2.24) is 19.9 Å². The molecule has 0 saturated carbocycles. The van der Waals surface area contributed by atoms with Gasteiger partial charge >= 0.3 is 0 Å². The van der Waals surface area contributed by atoms with E-state index in [2.05, 4.69) is 25.2 Å². The van der Waals surface area contributed by atoms with E-state index in [1.54, 1.807) is 24.3 Å². The van der Waals surface area contributed by atoms with Crippen molar-refractivity contribution in [2.75, 3.05) is 5.32 Å². The van der Waals surface area contributed by atoms with E-state index in [-0.39, 0.29) is 11.6 Å². The van der Waals surface area contributed by atoms with E-state index in [1.165, 1.54) is 17.8 Å². The highest BCUT2D eigenvalue weighted by molar-refractivity contribution is 7.98. The van der Waals surface area contributed by atoms with Crippen LogP contribution in [-0.4, -0.2) is 25.8 Å². The van der Waals surface area contributed by atoms with Gasteiger partial charge in [0.25, 0.3) is 5.91 Å². The van der Waals surface area contributed by atoms with E-state index in [9.17, 15) is 9.18 Å². The first-order chi connectivity index (χ1) is 17.0. The van der Waals surface area contributed by atoms with Gasteiger partial charge < -0.3 is 14.4 Å². The number of halogens is 1. The predicted molar refractivity (Wildman–Crippen MR) is 133 cm³/mol. The summed E-state index contributed by atoms with van der Waals surface area (Å²) in [6, 6.07) is 12.0. The minimum absolute atomic E-state index is 0.115. The van der Waals surface area contributed by atoms with E-state index in [0.717, 1.165) is 65.5 Å². The van der Waals surface area contributed by atoms with Gasteiger partial charge in [-0.25, -0.2) is 4.39 Å². The maximum absolute atomic E-state index is 14.7. The van der Waals surface area contributed by atoms with Crippen LogP contribution >= 0.6 is 11.8 Å². The molecule has 1 amide bonds. The number of fused-ring (bicyclic) bond motifs is 1. The molecule has 7 nitrogen and oxygen atoms in total. The Morgan fingerprint density at radius 1 is 1.14 bits per heavy atom. The molecule has 9 heteroatoms. The summed E-state index contributed by atoms with van der Waals surface area (Å²) in [5, 5.41) is 15.4. The van der Waals surface area contributed by atoms with Crippen LogP contribution in [0.3, 0.4) is 0 Å². The Kier molecular flexibility index (Phi) is 6.68. The van der Waals surface area contributed by atoms with Crippen LogP contribution in [0.4, 0.5) is 10.1 Å². The molecule has 5 rings (SSSR count). The number of nitrogens with one attached hydrogen (secondary N) is 1. The molecule has 0 unspecified atom stereocenters. The van der Waals surface area contributed by atoms with Crippen LogP contribution in [0.15, 0.2) is 51.9 Å². The van der Waals surface area contributed by atoms with Crippen LogP contribution in [0.5, 0.6) is 0 Å². The van der Waals surface area contributed by atoms with Gasteiger partial charge in [0.15, 0.2) is 5.82 Å². The van der Waals surface area contributed by atoms with Crippen molar-refractivity contribution in [2.45, 2.75) is 56.7 Å². The molecule has 180 valence electrons. The highest BCUT2D eigenvalue weighted by atomic mass is 32.2. The molecule has 0 bridgehead atoms. The van der Waals surface area contributed by atoms with E-state index < -0.39 is 5.82 Å². The van der Waals surface area contributed by atoms with Crippen molar-refractivity contribution in [3.63, 3.8) is 0 Å². The molecular formula is C26H26FN5O2S. The molecule has 0 spiro atoms. The number of nitrogens with zero attached hydrogens (tertiary/aromatic N) is 4. The Morgan fingerprint density at radius 3 is 2.83 bits per heavy atom. The second-order valence-electron chi connectivity index (χ2n) is 8.64. The lowest BCUT2D eigenvalue weighted by atomic mass is 10.1. The third-order valence-electron chi connectivity index (χ3n) is 6.27. The number of aromatic nitrogens is 4. The van der Waals surface area contributed by atoms with Crippen LogP contribution < -0.4 is 5.32 Å². The minimum Gasteiger partial charge on any atom is -0.361 e. The lowest BCUT2D eigenvalue weighted by Crippen LogP contribution is -2.14. The third kappa shape index (κ3) is 4.86. The van der Waals surface area contributed by atoms with Crippen molar-refractivity contribution in [2.24, 2.45) is 0 Å². The number of thioether (sulfide) groups is 1. The fourth-order valence-corrected chi connectivity index (χ4v) is 5.49. The maximum Gasteiger partial charge on any atom is 0.256 e. The highest BCUT2D eigenvalue weighted by Gasteiger charge is 2.19. The molecule has 3 heterocycles. The van der Waals surface area contributed by atoms with E-state index in [1.807, 2.05) is 26.0 Å². The summed E-state index contributed by atoms with van der Waals surface area (Å²) in [6.07, 6.45) is 4.20. The summed E-state index contributed by atoms with van der Waals surface area (Å²) in [5.41, 5.74) is 3.16. The molecule has 0 fully saturated rings. The Morgan fingerprint density at radius 2 is 2.00 bits per heavy atom. The van der Waals surface area contributed by atoms with Gasteiger partial charge in [0.1, 0.15) is 17.4 Å². The quantitative estimate of drug-likeness (QED) is 0.335. The van der Waals surface area contributed by atoms with E-state index >= 15 is 0 Å². The molecule has 0 aliphatic carbocycles. The Labute approximate surface area is 207 Å². The van der Waals surface area contributed by atoms with Gasteiger partial charge in [0.2, 0.25) is 0 Å². The van der Waals surface area contributed by atoms with Gasteiger partial charge in [0.05, 0.1) is 16.9 Å². The predicted octanol–water partition coefficient (Wildman–Crippen LogP) is 5.96. The molecule has 1 N–H and O–H groups in total. The fraction of sp³-hybridized carbons (Fsp3) is 0.308. The molecule has 0 radical (unpaired) electrons. The van der Waals surface area contributed by atoms with Crippen LogP contribution in [0.25, 0.3) is 11.4 Å². The Bertz CT molecular complexity index is 1360. The number of aryl methyl sites for hydroxylation is 3. The average molecular weight is 492 g/mol. The van der Waals surface area contributed by atoms with Crippen molar-refractivity contribution in [1.29, 1.82) is 0 Å². The first-order valence-electron chi connectivity index (χ1n) is 11.7. The minimum atomic E-state index is -0.501. The van der Waals surface area contributed by atoms with Gasteiger partial charge in [-0.05, 0) is 57.0 Å². The van der Waals surface area contributed by atoms with Crippen molar-refractivity contribution in [3.8, 4) is 11.4 Å². The van der Waals surface area contributed by atoms with Crippen molar-refractivity contribution < 1.29 is 13.7 Å². The van der Waals surface area contributed by atoms with Gasteiger partial charge in [-0.2, -0.15) is 0 Å². The molecule has 0 atom stereocenters. The summed E-state index contributed by atoms with van der Waals surface area (Å²) >= 11 is 1.52. The number of rotatable bonds is 6. The van der Waals surface area contributed by atoms with E-state index in [0.29, 0.717) is 17.1 Å². The largest absolute Gasteiger partial charge is 0.361 e. The second kappa shape index (κ2) is 10.0. The number of hydrogen-bond donors (Lipinski definition) is 1. The fourth-order valence-electron chi connectivity index (χ4n) is 4.29. The van der Waals surface area contributed by atoms with Crippen LogP contribution in [-0.2, 0) is 18.7 Å². The number of carbonyl (C=O) groups is 1. The average Bonchev–Trinajstić information content (AvgIpc) is 3.31. The number of anilines is 1. The molecule has 2 aromatic heterocycles. The molecule has 1 aliphatic heterocycles. The summed E-state index contributed by atoms with van der Waals surface area (Å²) < 4.78 is 22.1. The number of hydrogen-bond acceptors (Lipinski definition) is 6. The summed E-state index contributed by atoms with van der Waals surface area (Å²) in [5.74, 6) is 2.17. The molecule has 1 aliphatic rings. The topological polar surface area (TPSA) is 85.8 Å². The smallest absolute Gasteiger partial charge is 0.256 e. The van der Waals surface area contributed by atoms with Gasteiger partial charge in [-0.3, -0.25) is 4.79 Å². The summed E-state index contributed by atoms with van der Waals surface area (Å²) in [6.45, 7) is 4.61. The molecular weight excluding hydrogens is 465 g/mol. The van der Waals surface area contributed by atoms with Gasteiger partial charge in [0, 0.05) is 34.7 Å².